The minimum atomic E-state index is -0.229. The first kappa shape index (κ1) is 30.4. The number of hydrogen-bond acceptors (Lipinski definition) is 6. The summed E-state index contributed by atoms with van der Waals surface area (Å²) in [4.78, 5) is 0. The summed E-state index contributed by atoms with van der Waals surface area (Å²) in [6.07, 6.45) is 24.0. The summed E-state index contributed by atoms with van der Waals surface area (Å²) in [7, 11) is 3.94. The van der Waals surface area contributed by atoms with Crippen molar-refractivity contribution in [3.63, 3.8) is 0 Å². The van der Waals surface area contributed by atoms with Gasteiger partial charge in [-0.25, -0.2) is 5.01 Å². The quantitative estimate of drug-likeness (QED) is 0.0442. The van der Waals surface area contributed by atoms with Crippen molar-refractivity contribution in [3.05, 3.63) is 77.3 Å². The zero-order valence-electron chi connectivity index (χ0n) is 21.0. The first-order chi connectivity index (χ1) is 15.9. The largest absolute Gasteiger partial charge is 0.364 e. The molecule has 0 rings (SSSR count). The lowest BCUT2D eigenvalue weighted by Gasteiger charge is -2.20. The number of nitrogens with zero attached hydrogens (tertiary/aromatic N) is 1. The molecule has 0 saturated carbocycles. The fourth-order valence-electron chi connectivity index (χ4n) is 2.63. The average molecular weight is 470 g/mol. The van der Waals surface area contributed by atoms with E-state index >= 15 is 0 Å². The molecule has 0 aliphatic heterocycles. The van der Waals surface area contributed by atoms with Crippen LogP contribution in [0.2, 0.25) is 0 Å². The molecule has 0 aliphatic rings. The van der Waals surface area contributed by atoms with Gasteiger partial charge in [-0.2, -0.15) is 0 Å². The Morgan fingerprint density at radius 1 is 1.24 bits per heavy atom. The Bertz CT molecular complexity index is 777. The van der Waals surface area contributed by atoms with Gasteiger partial charge in [0.15, 0.2) is 0 Å². The Kier molecular flexibility index (Phi) is 18.5. The van der Waals surface area contributed by atoms with E-state index < -0.39 is 0 Å². The van der Waals surface area contributed by atoms with E-state index in [1.54, 1.807) is 11.8 Å². The Balaban J connectivity index is 5.08. The molecule has 0 fully saturated rings. The highest BCUT2D eigenvalue weighted by molar-refractivity contribution is 8.02. The predicted molar refractivity (Wildman–Crippen MR) is 148 cm³/mol. The Labute approximate surface area is 206 Å². The fraction of sp³-hybridized carbons (Fsp3) is 0.444. The van der Waals surface area contributed by atoms with Crippen molar-refractivity contribution in [1.29, 1.82) is 0 Å². The third kappa shape index (κ3) is 17.7. The average Bonchev–Trinajstić information content (AvgIpc) is 2.77. The second-order valence-electron chi connectivity index (χ2n) is 7.64. The maximum Gasteiger partial charge on any atom is 0.0779 e. The van der Waals surface area contributed by atoms with Crippen molar-refractivity contribution < 1.29 is 0 Å². The number of nitrogens with one attached hydrogen (secondary N) is 3. The molecule has 2 atom stereocenters. The van der Waals surface area contributed by atoms with Gasteiger partial charge >= 0.3 is 0 Å². The highest BCUT2D eigenvalue weighted by Gasteiger charge is 2.12. The van der Waals surface area contributed by atoms with Gasteiger partial charge in [0, 0.05) is 37.3 Å². The second-order valence-corrected chi connectivity index (χ2v) is 8.85. The van der Waals surface area contributed by atoms with E-state index in [4.69, 9.17) is 12.2 Å². The van der Waals surface area contributed by atoms with Gasteiger partial charge in [-0.15, -0.1) is 11.8 Å². The molecule has 5 nitrogen and oxygen atoms in total. The zero-order valence-corrected chi connectivity index (χ0v) is 21.8. The van der Waals surface area contributed by atoms with E-state index in [9.17, 15) is 0 Å². The third-order valence-electron chi connectivity index (χ3n) is 4.31. The smallest absolute Gasteiger partial charge is 0.0779 e. The molecule has 5 N–H and O–H groups in total. The van der Waals surface area contributed by atoms with Crippen molar-refractivity contribution in [2.75, 3.05) is 14.1 Å². The molecule has 33 heavy (non-hydrogen) atoms. The van der Waals surface area contributed by atoms with E-state index in [0.717, 1.165) is 43.5 Å². The van der Waals surface area contributed by atoms with E-state index in [2.05, 4.69) is 79.5 Å². The number of hydrazine groups is 1. The molecule has 0 amide bonds. The summed E-state index contributed by atoms with van der Waals surface area (Å²) in [6.45, 7) is 10.1. The third-order valence-corrected chi connectivity index (χ3v) is 5.18. The summed E-state index contributed by atoms with van der Waals surface area (Å²) in [5, 5.41) is 10.3. The number of nitrogens with two attached hydrogens (primary N) is 1. The minimum absolute atomic E-state index is 0.169. The number of rotatable bonds is 17. The van der Waals surface area contributed by atoms with Gasteiger partial charge in [-0.05, 0) is 56.6 Å². The van der Waals surface area contributed by atoms with Crippen LogP contribution in [0.15, 0.2) is 77.3 Å². The van der Waals surface area contributed by atoms with Gasteiger partial charge in [0.25, 0.3) is 0 Å². The van der Waals surface area contributed by atoms with Gasteiger partial charge in [0.2, 0.25) is 0 Å². The van der Waals surface area contributed by atoms with Crippen LogP contribution in [0.3, 0.4) is 0 Å². The molecular weight excluding hydrogens is 426 g/mol. The lowest BCUT2D eigenvalue weighted by molar-refractivity contribution is 0.341. The van der Waals surface area contributed by atoms with Crippen LogP contribution in [0.5, 0.6) is 0 Å². The minimum Gasteiger partial charge on any atom is -0.364 e. The van der Waals surface area contributed by atoms with Crippen molar-refractivity contribution in [2.24, 2.45) is 5.73 Å². The van der Waals surface area contributed by atoms with Gasteiger partial charge < -0.3 is 21.8 Å². The van der Waals surface area contributed by atoms with Crippen molar-refractivity contribution in [2.45, 2.75) is 64.3 Å². The Hall–Kier alpha value is -2.55. The van der Waals surface area contributed by atoms with Crippen LogP contribution in [0.1, 0.15) is 52.9 Å². The molecule has 2 unspecified atom stereocenters. The number of allylic oxidation sites excluding steroid dienone is 6. The maximum absolute atomic E-state index is 6.42. The van der Waals surface area contributed by atoms with E-state index in [0.29, 0.717) is 0 Å². The highest BCUT2D eigenvalue weighted by Crippen LogP contribution is 2.20. The molecule has 0 bridgehead atoms. The molecule has 0 saturated heterocycles. The molecule has 0 aromatic rings. The van der Waals surface area contributed by atoms with E-state index in [1.165, 1.54) is 5.57 Å². The van der Waals surface area contributed by atoms with Crippen LogP contribution in [-0.4, -0.2) is 30.5 Å². The van der Waals surface area contributed by atoms with Crippen LogP contribution in [0, 0.1) is 12.5 Å². The summed E-state index contributed by atoms with van der Waals surface area (Å²) in [5.41, 5.74) is 16.1. The summed E-state index contributed by atoms with van der Waals surface area (Å²) < 4.78 is 0. The molecule has 0 aromatic heterocycles. The highest BCUT2D eigenvalue weighted by atomic mass is 32.2. The van der Waals surface area contributed by atoms with E-state index in [1.807, 2.05) is 42.9 Å². The predicted octanol–water partition coefficient (Wildman–Crippen LogP) is 5.28. The van der Waals surface area contributed by atoms with Crippen molar-refractivity contribution in [1.82, 2.24) is 21.1 Å². The number of terminal acetylenes is 1. The van der Waals surface area contributed by atoms with E-state index in [-0.39, 0.29) is 11.4 Å². The van der Waals surface area contributed by atoms with Crippen LogP contribution in [0.4, 0.5) is 0 Å². The first-order valence-electron chi connectivity index (χ1n) is 11.4. The SMILES string of the molecule is C#CNC(=CC(CC(N)NC(=C=CC/C=C\C/C(C)=C/NN(C)C)/C=C\CC)SC=C)CC. The molecule has 0 aromatic carbocycles. The molecule has 6 heteroatoms. The number of hydrogen-bond donors (Lipinski definition) is 4. The van der Waals surface area contributed by atoms with Crippen LogP contribution >= 0.6 is 11.8 Å². The summed E-state index contributed by atoms with van der Waals surface area (Å²) in [5.74, 6) is 0. The van der Waals surface area contributed by atoms with Gasteiger partial charge in [-0.3, -0.25) is 0 Å². The molecule has 0 heterocycles. The zero-order chi connectivity index (χ0) is 24.9. The Morgan fingerprint density at radius 2 is 2.00 bits per heavy atom. The normalized spacial score (nSPS) is 14.0. The monoisotopic (exact) mass is 469 g/mol. The molecular formula is C27H43N5S. The Morgan fingerprint density at radius 3 is 2.61 bits per heavy atom. The lowest BCUT2D eigenvalue weighted by Crippen LogP contribution is -2.38. The summed E-state index contributed by atoms with van der Waals surface area (Å²) in [6, 6.07) is 2.49. The van der Waals surface area contributed by atoms with Crippen molar-refractivity contribution in [3.8, 4) is 12.5 Å². The van der Waals surface area contributed by atoms with Gasteiger partial charge in [0.1, 0.15) is 0 Å². The number of thioether (sulfide) groups is 1. The molecule has 182 valence electrons. The van der Waals surface area contributed by atoms with Crippen LogP contribution < -0.4 is 21.8 Å². The lowest BCUT2D eigenvalue weighted by atomic mass is 10.2. The van der Waals surface area contributed by atoms with Gasteiger partial charge in [0.05, 0.1) is 11.9 Å². The second kappa shape index (κ2) is 20.1. The first-order valence-corrected chi connectivity index (χ1v) is 12.4. The molecule has 0 spiro atoms. The standard InChI is InChI=1S/C27H43N5S/c1-8-12-18-25(19-16-14-13-15-17-23(5)22-30-32(6)7)31-27(28)21-26(33-11-4)20-24(9-2)29-10-3/h3,11-13,15-16,18,20,22,26-27,29-31H,4,8-9,14,17,21,28H2,1-2,5-7H3/b15-13-,18-12-,23-22+,24-20?. The molecule has 0 radical (unpaired) electrons. The maximum atomic E-state index is 6.42. The molecule has 0 aliphatic carbocycles. The summed E-state index contributed by atoms with van der Waals surface area (Å²) >= 11 is 1.64. The van der Waals surface area contributed by atoms with Crippen LogP contribution in [-0.2, 0) is 0 Å². The van der Waals surface area contributed by atoms with Gasteiger partial charge in [-0.1, -0.05) is 62.5 Å². The van der Waals surface area contributed by atoms with Crippen molar-refractivity contribution >= 4 is 11.8 Å². The van der Waals surface area contributed by atoms with Crippen LogP contribution in [0.25, 0.3) is 0 Å². The fourth-order valence-corrected chi connectivity index (χ4v) is 3.44. The topological polar surface area (TPSA) is 65.3 Å².